The summed E-state index contributed by atoms with van der Waals surface area (Å²) >= 11 is 0. The van der Waals surface area contributed by atoms with Crippen molar-refractivity contribution in [3.05, 3.63) is 71.2 Å². The zero-order valence-electron chi connectivity index (χ0n) is 19.5. The average Bonchev–Trinajstić information content (AvgIpc) is 3.41. The number of anilines is 2. The molecule has 0 spiro atoms. The van der Waals surface area contributed by atoms with Crippen LogP contribution in [-0.2, 0) is 22.4 Å². The lowest BCUT2D eigenvalue weighted by Crippen LogP contribution is -2.33. The molecule has 1 unspecified atom stereocenters. The van der Waals surface area contributed by atoms with Gasteiger partial charge in [0, 0.05) is 25.2 Å². The second-order valence-electron chi connectivity index (χ2n) is 8.49. The SMILES string of the molecule is CCc1ccccc1N1CC(C(=O)NCCCc2nn(-c3ccc(F)cc3)c(N)c2C#N)CC1=O. The first-order valence-electron chi connectivity index (χ1n) is 11.6. The van der Waals surface area contributed by atoms with E-state index < -0.39 is 5.92 Å². The highest BCUT2D eigenvalue weighted by molar-refractivity contribution is 6.00. The Morgan fingerprint density at radius 3 is 2.71 bits per heavy atom. The third-order valence-electron chi connectivity index (χ3n) is 6.23. The van der Waals surface area contributed by atoms with E-state index in [1.807, 2.05) is 31.2 Å². The zero-order chi connectivity index (χ0) is 24.9. The summed E-state index contributed by atoms with van der Waals surface area (Å²) in [5.41, 5.74) is 9.38. The van der Waals surface area contributed by atoms with Gasteiger partial charge in [-0.05, 0) is 55.2 Å². The van der Waals surface area contributed by atoms with Crippen molar-refractivity contribution in [2.45, 2.75) is 32.6 Å². The van der Waals surface area contributed by atoms with Crippen molar-refractivity contribution >= 4 is 23.3 Å². The normalized spacial score (nSPS) is 15.3. The lowest BCUT2D eigenvalue weighted by Gasteiger charge is -2.20. The maximum Gasteiger partial charge on any atom is 0.227 e. The van der Waals surface area contributed by atoms with Gasteiger partial charge in [0.05, 0.1) is 17.3 Å². The van der Waals surface area contributed by atoms with E-state index in [4.69, 9.17) is 5.73 Å². The highest BCUT2D eigenvalue weighted by atomic mass is 19.1. The number of rotatable bonds is 8. The van der Waals surface area contributed by atoms with Crippen molar-refractivity contribution in [3.8, 4) is 11.8 Å². The summed E-state index contributed by atoms with van der Waals surface area (Å²) in [7, 11) is 0. The van der Waals surface area contributed by atoms with Gasteiger partial charge in [0.1, 0.15) is 23.3 Å². The molecule has 2 amide bonds. The maximum absolute atomic E-state index is 13.2. The number of carbonyl (C=O) groups excluding carboxylic acids is 2. The molecule has 3 aromatic rings. The molecule has 8 nitrogen and oxygen atoms in total. The number of para-hydroxylation sites is 1. The number of aromatic nitrogens is 2. The monoisotopic (exact) mass is 474 g/mol. The molecule has 1 aliphatic rings. The standard InChI is InChI=1S/C26H27FN6O2/c1-2-17-6-3-4-8-23(17)32-16-18(14-24(32)34)26(35)30-13-5-7-22-21(15-28)25(29)33(31-22)20-11-9-19(27)10-12-20/h3-4,6,8-12,18H,2,5,7,13-14,16,29H2,1H3,(H,30,35). The fourth-order valence-electron chi connectivity index (χ4n) is 4.36. The number of amides is 2. The van der Waals surface area contributed by atoms with Gasteiger partial charge in [0.15, 0.2) is 0 Å². The van der Waals surface area contributed by atoms with Crippen LogP contribution in [0.25, 0.3) is 5.69 Å². The Labute approximate surface area is 203 Å². The summed E-state index contributed by atoms with van der Waals surface area (Å²) in [6.07, 6.45) is 1.97. The predicted molar refractivity (Wildman–Crippen MR) is 130 cm³/mol. The van der Waals surface area contributed by atoms with Crippen molar-refractivity contribution in [1.82, 2.24) is 15.1 Å². The molecule has 4 rings (SSSR count). The molecule has 0 bridgehead atoms. The van der Waals surface area contributed by atoms with Crippen LogP contribution in [0.1, 0.15) is 36.6 Å². The van der Waals surface area contributed by atoms with Crippen LogP contribution in [0.15, 0.2) is 48.5 Å². The van der Waals surface area contributed by atoms with Crippen LogP contribution in [0, 0.1) is 23.1 Å². The van der Waals surface area contributed by atoms with Crippen LogP contribution >= 0.6 is 0 Å². The Hall–Kier alpha value is -4.19. The molecule has 2 heterocycles. The number of halogens is 1. The number of nitrogen functional groups attached to an aromatic ring is 1. The molecular formula is C26H27FN6O2. The molecule has 9 heteroatoms. The summed E-state index contributed by atoms with van der Waals surface area (Å²) in [6.45, 7) is 2.78. The summed E-state index contributed by atoms with van der Waals surface area (Å²) in [4.78, 5) is 27.0. The highest BCUT2D eigenvalue weighted by Gasteiger charge is 2.35. The second-order valence-corrected chi connectivity index (χ2v) is 8.49. The van der Waals surface area contributed by atoms with Gasteiger partial charge >= 0.3 is 0 Å². The van der Waals surface area contributed by atoms with Gasteiger partial charge in [-0.2, -0.15) is 10.4 Å². The summed E-state index contributed by atoms with van der Waals surface area (Å²) in [5, 5.41) is 16.9. The number of hydrogen-bond donors (Lipinski definition) is 2. The van der Waals surface area contributed by atoms with E-state index in [9.17, 15) is 19.2 Å². The number of nitrogens with one attached hydrogen (secondary N) is 1. The van der Waals surface area contributed by atoms with Gasteiger partial charge in [-0.25, -0.2) is 9.07 Å². The second kappa shape index (κ2) is 10.4. The van der Waals surface area contributed by atoms with Crippen molar-refractivity contribution < 1.29 is 14.0 Å². The number of benzene rings is 2. The molecule has 0 saturated carbocycles. The molecule has 3 N–H and O–H groups in total. The van der Waals surface area contributed by atoms with Crippen LogP contribution in [0.2, 0.25) is 0 Å². The molecule has 180 valence electrons. The first kappa shape index (κ1) is 24.0. The lowest BCUT2D eigenvalue weighted by atomic mass is 10.1. The van der Waals surface area contributed by atoms with Crippen molar-refractivity contribution in [2.75, 3.05) is 23.7 Å². The molecule has 0 aliphatic carbocycles. The van der Waals surface area contributed by atoms with Gasteiger partial charge in [0.25, 0.3) is 0 Å². The minimum absolute atomic E-state index is 0.0495. The predicted octanol–water partition coefficient (Wildman–Crippen LogP) is 3.13. The highest BCUT2D eigenvalue weighted by Crippen LogP contribution is 2.28. The molecule has 1 atom stereocenters. The summed E-state index contributed by atoms with van der Waals surface area (Å²) in [6, 6.07) is 15.5. The van der Waals surface area contributed by atoms with Gasteiger partial charge in [0.2, 0.25) is 11.8 Å². The quantitative estimate of drug-likeness (QED) is 0.487. The lowest BCUT2D eigenvalue weighted by molar-refractivity contribution is -0.126. The maximum atomic E-state index is 13.2. The molecule has 2 aromatic carbocycles. The van der Waals surface area contributed by atoms with Crippen molar-refractivity contribution in [3.63, 3.8) is 0 Å². The van der Waals surface area contributed by atoms with Gasteiger partial charge < -0.3 is 16.0 Å². The molecule has 1 saturated heterocycles. The Bertz CT molecular complexity index is 1280. The Kier molecular flexibility index (Phi) is 7.11. The van der Waals surface area contributed by atoms with Gasteiger partial charge in [-0.1, -0.05) is 25.1 Å². The number of nitriles is 1. The van der Waals surface area contributed by atoms with Gasteiger partial charge in [-0.3, -0.25) is 9.59 Å². The van der Waals surface area contributed by atoms with E-state index >= 15 is 0 Å². The number of nitrogens with two attached hydrogens (primary N) is 1. The Morgan fingerprint density at radius 1 is 1.26 bits per heavy atom. The van der Waals surface area contributed by atoms with Crippen molar-refractivity contribution in [2.24, 2.45) is 5.92 Å². The van der Waals surface area contributed by atoms with E-state index in [-0.39, 0.29) is 35.4 Å². The first-order valence-corrected chi connectivity index (χ1v) is 11.6. The molecule has 0 radical (unpaired) electrons. The van der Waals surface area contributed by atoms with E-state index in [1.54, 1.807) is 4.90 Å². The number of hydrogen-bond acceptors (Lipinski definition) is 5. The number of carbonyl (C=O) groups is 2. The van der Waals surface area contributed by atoms with Crippen LogP contribution in [0.4, 0.5) is 15.9 Å². The van der Waals surface area contributed by atoms with E-state index in [2.05, 4.69) is 16.5 Å². The number of nitrogens with zero attached hydrogens (tertiary/aromatic N) is 4. The van der Waals surface area contributed by atoms with E-state index in [0.717, 1.165) is 17.7 Å². The molecule has 1 fully saturated rings. The molecular weight excluding hydrogens is 447 g/mol. The van der Waals surface area contributed by atoms with Crippen LogP contribution in [-0.4, -0.2) is 34.7 Å². The smallest absolute Gasteiger partial charge is 0.227 e. The fourth-order valence-corrected chi connectivity index (χ4v) is 4.36. The van der Waals surface area contributed by atoms with E-state index in [0.29, 0.717) is 37.3 Å². The van der Waals surface area contributed by atoms with Crippen molar-refractivity contribution in [1.29, 1.82) is 5.26 Å². The molecule has 35 heavy (non-hydrogen) atoms. The van der Waals surface area contributed by atoms with Crippen LogP contribution in [0.5, 0.6) is 0 Å². The van der Waals surface area contributed by atoms with Gasteiger partial charge in [-0.15, -0.1) is 0 Å². The zero-order valence-corrected chi connectivity index (χ0v) is 19.5. The van der Waals surface area contributed by atoms with Crippen LogP contribution < -0.4 is 16.0 Å². The summed E-state index contributed by atoms with van der Waals surface area (Å²) in [5.74, 6) is -0.804. The Balaban J connectivity index is 1.33. The fraction of sp³-hybridized carbons (Fsp3) is 0.308. The van der Waals surface area contributed by atoms with Crippen LogP contribution in [0.3, 0.4) is 0 Å². The largest absolute Gasteiger partial charge is 0.382 e. The molecule has 1 aliphatic heterocycles. The molecule has 1 aromatic heterocycles. The Morgan fingerprint density at radius 2 is 2.00 bits per heavy atom. The topological polar surface area (TPSA) is 117 Å². The minimum Gasteiger partial charge on any atom is -0.382 e. The first-order chi connectivity index (χ1) is 16.9. The van der Waals surface area contributed by atoms with E-state index in [1.165, 1.54) is 28.9 Å². The number of aryl methyl sites for hydroxylation is 2. The minimum atomic E-state index is -0.407. The third-order valence-corrected chi connectivity index (χ3v) is 6.23. The third kappa shape index (κ3) is 5.01. The average molecular weight is 475 g/mol. The summed E-state index contributed by atoms with van der Waals surface area (Å²) < 4.78 is 14.6.